The number of benzene rings is 3. The molecule has 0 aliphatic rings. The van der Waals surface area contributed by atoms with Gasteiger partial charge in [0.15, 0.2) is 5.65 Å². The van der Waals surface area contributed by atoms with E-state index in [-0.39, 0.29) is 17.3 Å². The SMILES string of the molecule is O=c1ccc2c(-c3ccccc3-c3ccccc3)nc(NC(CO)CO)nc2n1-c1ccc(F)cc1F. The first-order chi connectivity index (χ1) is 18.0. The summed E-state index contributed by atoms with van der Waals surface area (Å²) in [5, 5.41) is 22.5. The molecule has 0 atom stereocenters. The molecule has 0 radical (unpaired) electrons. The van der Waals surface area contributed by atoms with Crippen LogP contribution in [0.3, 0.4) is 0 Å². The third-order valence-corrected chi connectivity index (χ3v) is 5.94. The van der Waals surface area contributed by atoms with Crippen LogP contribution in [0.4, 0.5) is 14.7 Å². The Morgan fingerprint density at radius 3 is 2.24 bits per heavy atom. The van der Waals surface area contributed by atoms with Gasteiger partial charge >= 0.3 is 0 Å². The van der Waals surface area contributed by atoms with Crippen molar-refractivity contribution >= 4 is 17.0 Å². The summed E-state index contributed by atoms with van der Waals surface area (Å²) in [5.74, 6) is -1.70. The van der Waals surface area contributed by atoms with Gasteiger partial charge in [0.25, 0.3) is 5.56 Å². The van der Waals surface area contributed by atoms with E-state index in [0.29, 0.717) is 17.1 Å². The van der Waals surface area contributed by atoms with Crippen molar-refractivity contribution in [1.29, 1.82) is 0 Å². The van der Waals surface area contributed by atoms with Crippen LogP contribution in [0.5, 0.6) is 0 Å². The molecule has 0 aliphatic carbocycles. The maximum Gasteiger partial charge on any atom is 0.256 e. The quantitative estimate of drug-likeness (QED) is 0.310. The van der Waals surface area contributed by atoms with Crippen molar-refractivity contribution < 1.29 is 19.0 Å². The molecule has 0 aliphatic heterocycles. The lowest BCUT2D eigenvalue weighted by molar-refractivity contribution is 0.203. The van der Waals surface area contributed by atoms with E-state index in [9.17, 15) is 23.8 Å². The summed E-state index contributed by atoms with van der Waals surface area (Å²) in [6.45, 7) is -0.802. The minimum atomic E-state index is -0.933. The zero-order chi connectivity index (χ0) is 25.9. The lowest BCUT2D eigenvalue weighted by Gasteiger charge is -2.18. The van der Waals surface area contributed by atoms with Crippen LogP contribution in [-0.4, -0.2) is 44.0 Å². The Balaban J connectivity index is 1.85. The van der Waals surface area contributed by atoms with Crippen LogP contribution in [-0.2, 0) is 0 Å². The highest BCUT2D eigenvalue weighted by Gasteiger charge is 2.20. The molecule has 37 heavy (non-hydrogen) atoms. The highest BCUT2D eigenvalue weighted by atomic mass is 19.1. The highest BCUT2D eigenvalue weighted by molar-refractivity contribution is 5.96. The fourth-order valence-corrected chi connectivity index (χ4v) is 4.17. The molecule has 0 spiro atoms. The zero-order valence-corrected chi connectivity index (χ0v) is 19.5. The minimum Gasteiger partial charge on any atom is -0.394 e. The number of nitrogens with one attached hydrogen (secondary N) is 1. The third kappa shape index (κ3) is 4.69. The van der Waals surface area contributed by atoms with Gasteiger partial charge in [0.1, 0.15) is 11.6 Å². The smallest absolute Gasteiger partial charge is 0.256 e. The Kier molecular flexibility index (Phi) is 6.72. The van der Waals surface area contributed by atoms with Gasteiger partial charge in [-0.25, -0.2) is 13.8 Å². The Bertz CT molecular complexity index is 1640. The van der Waals surface area contributed by atoms with E-state index in [1.165, 1.54) is 12.1 Å². The van der Waals surface area contributed by atoms with Crippen molar-refractivity contribution in [2.75, 3.05) is 18.5 Å². The number of pyridine rings is 1. The highest BCUT2D eigenvalue weighted by Crippen LogP contribution is 2.35. The van der Waals surface area contributed by atoms with Crippen LogP contribution in [0.1, 0.15) is 0 Å². The summed E-state index contributed by atoms with van der Waals surface area (Å²) in [6.07, 6.45) is 0. The third-order valence-electron chi connectivity index (χ3n) is 5.94. The first kappa shape index (κ1) is 24.2. The molecule has 5 rings (SSSR count). The van der Waals surface area contributed by atoms with E-state index in [4.69, 9.17) is 0 Å². The van der Waals surface area contributed by atoms with Crippen LogP contribution < -0.4 is 10.9 Å². The van der Waals surface area contributed by atoms with Gasteiger partial charge in [-0.1, -0.05) is 54.6 Å². The molecule has 0 amide bonds. The van der Waals surface area contributed by atoms with Crippen LogP contribution >= 0.6 is 0 Å². The van der Waals surface area contributed by atoms with Crippen molar-refractivity contribution in [1.82, 2.24) is 14.5 Å². The van der Waals surface area contributed by atoms with Gasteiger partial charge in [-0.2, -0.15) is 4.98 Å². The molecule has 3 N–H and O–H groups in total. The molecule has 7 nitrogen and oxygen atoms in total. The number of aliphatic hydroxyl groups is 2. The van der Waals surface area contributed by atoms with Crippen LogP contribution in [0, 0.1) is 11.6 Å². The average Bonchev–Trinajstić information content (AvgIpc) is 2.92. The fraction of sp³-hybridized carbons (Fsp3) is 0.107. The van der Waals surface area contributed by atoms with Crippen LogP contribution in [0.25, 0.3) is 39.1 Å². The normalized spacial score (nSPS) is 11.3. The molecular formula is C28H22F2N4O3. The minimum absolute atomic E-state index is 0.0142. The largest absolute Gasteiger partial charge is 0.394 e. The molecule has 0 unspecified atom stereocenters. The van der Waals surface area contributed by atoms with E-state index < -0.39 is 36.4 Å². The average molecular weight is 501 g/mol. The molecule has 3 aromatic carbocycles. The molecule has 0 fully saturated rings. The van der Waals surface area contributed by atoms with Gasteiger partial charge in [0, 0.05) is 23.1 Å². The number of rotatable bonds is 7. The Labute approximate surface area is 210 Å². The lowest BCUT2D eigenvalue weighted by atomic mass is 9.96. The molecule has 0 bridgehead atoms. The second kappa shape index (κ2) is 10.3. The number of anilines is 1. The number of halogens is 2. The predicted octanol–water partition coefficient (Wildman–Crippen LogP) is 4.16. The number of hydrogen-bond donors (Lipinski definition) is 3. The molecule has 2 aromatic heterocycles. The summed E-state index contributed by atoms with van der Waals surface area (Å²) in [7, 11) is 0. The number of hydrogen-bond acceptors (Lipinski definition) is 6. The van der Waals surface area contributed by atoms with Crippen molar-refractivity contribution in [2.45, 2.75) is 6.04 Å². The Morgan fingerprint density at radius 1 is 0.838 bits per heavy atom. The molecule has 0 saturated heterocycles. The summed E-state index contributed by atoms with van der Waals surface area (Å²) >= 11 is 0. The fourth-order valence-electron chi connectivity index (χ4n) is 4.17. The number of aliphatic hydroxyl groups excluding tert-OH is 2. The van der Waals surface area contributed by atoms with Crippen molar-refractivity contribution in [3.63, 3.8) is 0 Å². The second-order valence-electron chi connectivity index (χ2n) is 8.35. The van der Waals surface area contributed by atoms with Crippen molar-refractivity contribution in [3.05, 3.63) is 107 Å². The summed E-state index contributed by atoms with van der Waals surface area (Å²) in [4.78, 5) is 22.1. The second-order valence-corrected chi connectivity index (χ2v) is 8.35. The Morgan fingerprint density at radius 2 is 1.54 bits per heavy atom. The van der Waals surface area contributed by atoms with E-state index in [2.05, 4.69) is 15.3 Å². The monoisotopic (exact) mass is 500 g/mol. The van der Waals surface area contributed by atoms with Gasteiger partial charge in [0.2, 0.25) is 5.95 Å². The van der Waals surface area contributed by atoms with E-state index >= 15 is 0 Å². The van der Waals surface area contributed by atoms with Crippen molar-refractivity contribution in [3.8, 4) is 28.1 Å². The summed E-state index contributed by atoms with van der Waals surface area (Å²) in [5.41, 5.74) is 2.27. The van der Waals surface area contributed by atoms with Gasteiger partial charge in [0.05, 0.1) is 30.6 Å². The number of fused-ring (bicyclic) bond motifs is 1. The number of aromatic nitrogens is 3. The standard InChI is InChI=1S/C28H22F2N4O3/c29-18-10-12-24(23(30)14-18)34-25(37)13-11-22-26(32-28(33-27(22)34)31-19(15-35)16-36)21-9-5-4-8-20(21)17-6-2-1-3-7-17/h1-14,19,35-36H,15-16H2,(H,31,32,33). The molecule has 0 saturated carbocycles. The summed E-state index contributed by atoms with van der Waals surface area (Å²) < 4.78 is 29.5. The Hall–Kier alpha value is -4.47. The number of nitrogens with zero attached hydrogens (tertiary/aromatic N) is 3. The zero-order valence-electron chi connectivity index (χ0n) is 19.5. The topological polar surface area (TPSA) is 100 Å². The van der Waals surface area contributed by atoms with Gasteiger partial charge in [-0.3, -0.25) is 9.36 Å². The predicted molar refractivity (Wildman–Crippen MR) is 138 cm³/mol. The maximum atomic E-state index is 14.8. The first-order valence-electron chi connectivity index (χ1n) is 11.5. The van der Waals surface area contributed by atoms with Crippen LogP contribution in [0.15, 0.2) is 89.7 Å². The maximum absolute atomic E-state index is 14.8. The first-order valence-corrected chi connectivity index (χ1v) is 11.5. The van der Waals surface area contributed by atoms with E-state index in [1.54, 1.807) is 6.07 Å². The summed E-state index contributed by atoms with van der Waals surface area (Å²) in [6, 6.07) is 22.2. The lowest BCUT2D eigenvalue weighted by Crippen LogP contribution is -2.29. The van der Waals surface area contributed by atoms with E-state index in [1.807, 2.05) is 54.6 Å². The van der Waals surface area contributed by atoms with Crippen molar-refractivity contribution in [2.24, 2.45) is 0 Å². The molecule has 2 heterocycles. The molecular weight excluding hydrogens is 478 g/mol. The van der Waals surface area contributed by atoms with Gasteiger partial charge < -0.3 is 15.5 Å². The molecule has 186 valence electrons. The van der Waals surface area contributed by atoms with E-state index in [0.717, 1.165) is 27.3 Å². The van der Waals surface area contributed by atoms with Gasteiger partial charge in [-0.05, 0) is 29.3 Å². The molecule has 5 aromatic rings. The molecule has 9 heteroatoms. The van der Waals surface area contributed by atoms with Crippen LogP contribution in [0.2, 0.25) is 0 Å². The van der Waals surface area contributed by atoms with Gasteiger partial charge in [-0.15, -0.1) is 0 Å².